The average molecular weight is 357 g/mol. The Morgan fingerprint density at radius 1 is 1.35 bits per heavy atom. The highest BCUT2D eigenvalue weighted by Crippen LogP contribution is 2.38. The number of rotatable bonds is 5. The van der Waals surface area contributed by atoms with Gasteiger partial charge in [0.25, 0.3) is 15.7 Å². The minimum Gasteiger partial charge on any atom is -0.269 e. The van der Waals surface area contributed by atoms with Crippen LogP contribution < -0.4 is 4.31 Å². The molecule has 0 saturated carbocycles. The van der Waals surface area contributed by atoms with Crippen LogP contribution in [0.25, 0.3) is 0 Å². The number of halogens is 1. The molecule has 2 unspecified atom stereocenters. The predicted octanol–water partition coefficient (Wildman–Crippen LogP) is 3.14. The van der Waals surface area contributed by atoms with Gasteiger partial charge in [-0.15, -0.1) is 0 Å². The Bertz CT molecular complexity index is 761. The van der Waals surface area contributed by atoms with E-state index in [-0.39, 0.29) is 12.2 Å². The second-order valence-corrected chi connectivity index (χ2v) is 8.09. The molecule has 0 N–H and O–H groups in total. The van der Waals surface area contributed by atoms with Gasteiger partial charge in [-0.1, -0.05) is 35.9 Å². The van der Waals surface area contributed by atoms with E-state index < -0.39 is 25.1 Å². The zero-order valence-electron chi connectivity index (χ0n) is 12.7. The lowest BCUT2D eigenvalue weighted by atomic mass is 10.0. The number of hydrogen-bond acceptors (Lipinski definition) is 4. The van der Waals surface area contributed by atoms with E-state index in [2.05, 4.69) is 0 Å². The Balaban J connectivity index is 2.53. The first-order valence-electron chi connectivity index (χ1n) is 7.05. The summed E-state index contributed by atoms with van der Waals surface area (Å²) in [7, 11) is -4.09. The van der Waals surface area contributed by atoms with Crippen molar-refractivity contribution in [1.82, 2.24) is 0 Å². The lowest BCUT2D eigenvalue weighted by molar-refractivity contribution is -0.432. The fourth-order valence-corrected chi connectivity index (χ4v) is 4.42. The molecule has 0 amide bonds. The van der Waals surface area contributed by atoms with Crippen molar-refractivity contribution < 1.29 is 13.3 Å². The fraction of sp³-hybridized carbons (Fsp3) is 0.333. The number of benzene rings is 1. The summed E-state index contributed by atoms with van der Waals surface area (Å²) in [6.07, 6.45) is 3.76. The summed E-state index contributed by atoms with van der Waals surface area (Å²) < 4.78 is 25.1. The van der Waals surface area contributed by atoms with Gasteiger partial charge in [-0.25, -0.2) is 8.42 Å². The van der Waals surface area contributed by atoms with Gasteiger partial charge in [0.05, 0.1) is 16.5 Å². The van der Waals surface area contributed by atoms with E-state index in [1.54, 1.807) is 44.2 Å². The fourth-order valence-electron chi connectivity index (χ4n) is 2.39. The van der Waals surface area contributed by atoms with Gasteiger partial charge in [0.1, 0.15) is 0 Å². The Labute approximate surface area is 140 Å². The summed E-state index contributed by atoms with van der Waals surface area (Å²) in [6, 6.07) is 8.49. The van der Waals surface area contributed by atoms with Gasteiger partial charge in [0.2, 0.25) is 4.21 Å². The van der Waals surface area contributed by atoms with Gasteiger partial charge >= 0.3 is 0 Å². The third-order valence-electron chi connectivity index (χ3n) is 3.65. The van der Waals surface area contributed by atoms with Crippen molar-refractivity contribution in [3.05, 3.63) is 64.4 Å². The summed E-state index contributed by atoms with van der Waals surface area (Å²) in [4.78, 5) is 10.5. The van der Waals surface area contributed by atoms with Crippen LogP contribution in [0.15, 0.2) is 54.3 Å². The second-order valence-electron chi connectivity index (χ2n) is 5.18. The molecule has 0 bridgehead atoms. The van der Waals surface area contributed by atoms with Crippen molar-refractivity contribution in [3.63, 3.8) is 0 Å². The number of allylic oxidation sites excluding steroid dienone is 1. The van der Waals surface area contributed by atoms with Crippen LogP contribution in [0.5, 0.6) is 0 Å². The number of nitrogens with zero attached hydrogens (tertiary/aromatic N) is 2. The minimum atomic E-state index is -4.09. The Morgan fingerprint density at radius 3 is 2.48 bits per heavy atom. The van der Waals surface area contributed by atoms with Crippen LogP contribution in [0, 0.1) is 16.0 Å². The molecule has 0 radical (unpaired) electrons. The molecule has 6 nitrogen and oxygen atoms in total. The van der Waals surface area contributed by atoms with Gasteiger partial charge in [0, 0.05) is 12.6 Å². The molecule has 0 fully saturated rings. The molecule has 0 aliphatic heterocycles. The molecule has 0 heterocycles. The van der Waals surface area contributed by atoms with E-state index in [0.717, 1.165) is 10.4 Å². The number of nitro groups is 1. The number of anilines is 1. The molecule has 0 aromatic heterocycles. The lowest BCUT2D eigenvalue weighted by Crippen LogP contribution is -2.44. The number of para-hydroxylation sites is 1. The van der Waals surface area contributed by atoms with E-state index in [9.17, 15) is 18.5 Å². The van der Waals surface area contributed by atoms with Gasteiger partial charge in [0.15, 0.2) is 0 Å². The molecule has 1 aromatic carbocycles. The van der Waals surface area contributed by atoms with E-state index in [1.807, 2.05) is 0 Å². The highest BCUT2D eigenvalue weighted by atomic mass is 35.5. The van der Waals surface area contributed by atoms with Crippen molar-refractivity contribution in [2.24, 2.45) is 5.92 Å². The van der Waals surface area contributed by atoms with Crippen molar-refractivity contribution in [2.45, 2.75) is 18.1 Å². The smallest absolute Gasteiger partial charge is 0.262 e. The molecule has 0 spiro atoms. The molecule has 23 heavy (non-hydrogen) atoms. The largest absolute Gasteiger partial charge is 0.269 e. The summed E-state index contributed by atoms with van der Waals surface area (Å²) in [5.41, 5.74) is 0.230. The summed E-state index contributed by atoms with van der Waals surface area (Å²) >= 11 is 6.30. The highest BCUT2D eigenvalue weighted by molar-refractivity contribution is 7.95. The third-order valence-corrected chi connectivity index (χ3v) is 6.57. The zero-order chi connectivity index (χ0) is 17.3. The molecule has 1 aromatic rings. The van der Waals surface area contributed by atoms with Crippen molar-refractivity contribution in [1.29, 1.82) is 0 Å². The van der Waals surface area contributed by atoms with Crippen LogP contribution in [0.1, 0.15) is 13.8 Å². The minimum absolute atomic E-state index is 0.159. The normalized spacial score (nSPS) is 24.1. The molecule has 8 heteroatoms. The van der Waals surface area contributed by atoms with Crippen molar-refractivity contribution in [3.8, 4) is 0 Å². The summed E-state index contributed by atoms with van der Waals surface area (Å²) in [5, 5.41) is 11.1. The van der Waals surface area contributed by atoms with Crippen LogP contribution in [-0.4, -0.2) is 24.1 Å². The first kappa shape index (κ1) is 17.5. The molecule has 1 aliphatic carbocycles. The quantitative estimate of drug-likeness (QED) is 0.351. The maximum absolute atomic E-state index is 13.0. The Hall–Kier alpha value is -1.86. The van der Waals surface area contributed by atoms with Crippen LogP contribution in [0.3, 0.4) is 0 Å². The molecule has 124 valence electrons. The summed E-state index contributed by atoms with van der Waals surface area (Å²) in [6.45, 7) is 3.45. The van der Waals surface area contributed by atoms with Crippen molar-refractivity contribution >= 4 is 27.3 Å². The molecule has 1 aliphatic rings. The highest BCUT2D eigenvalue weighted by Gasteiger charge is 2.46. The maximum Gasteiger partial charge on any atom is 0.262 e. The van der Waals surface area contributed by atoms with Crippen LogP contribution >= 0.6 is 11.6 Å². The molecule has 0 saturated heterocycles. The van der Waals surface area contributed by atoms with Gasteiger partial charge in [-0.2, -0.15) is 0 Å². The third kappa shape index (κ3) is 3.11. The molecule has 2 atom stereocenters. The van der Waals surface area contributed by atoms with Crippen LogP contribution in [0.2, 0.25) is 0 Å². The first-order valence-corrected chi connectivity index (χ1v) is 8.87. The van der Waals surface area contributed by atoms with Gasteiger partial charge in [-0.05, 0) is 32.1 Å². The Kier molecular flexibility index (Phi) is 4.81. The van der Waals surface area contributed by atoms with E-state index >= 15 is 0 Å². The SMILES string of the molecule is CCN(c1ccccc1)S(=O)(=O)C1(Cl)C=CC(C)C([N+](=O)[O-])=C1. The Morgan fingerprint density at radius 2 is 1.96 bits per heavy atom. The van der Waals surface area contributed by atoms with Crippen molar-refractivity contribution in [2.75, 3.05) is 10.8 Å². The predicted molar refractivity (Wildman–Crippen MR) is 90.3 cm³/mol. The van der Waals surface area contributed by atoms with Gasteiger partial charge in [-0.3, -0.25) is 14.4 Å². The van der Waals surface area contributed by atoms with E-state index in [1.165, 1.54) is 12.2 Å². The lowest BCUT2D eigenvalue weighted by Gasteiger charge is -2.31. The van der Waals surface area contributed by atoms with E-state index in [0.29, 0.717) is 5.69 Å². The second kappa shape index (κ2) is 6.33. The monoisotopic (exact) mass is 356 g/mol. The zero-order valence-corrected chi connectivity index (χ0v) is 14.3. The number of hydrogen-bond donors (Lipinski definition) is 0. The molecule has 2 rings (SSSR count). The summed E-state index contributed by atoms with van der Waals surface area (Å²) in [5.74, 6) is -0.501. The van der Waals surface area contributed by atoms with Crippen LogP contribution in [-0.2, 0) is 10.0 Å². The number of alkyl halides is 1. The first-order chi connectivity index (χ1) is 10.7. The molecular weight excluding hydrogens is 340 g/mol. The molecular formula is C15H17ClN2O4S. The maximum atomic E-state index is 13.0. The van der Waals surface area contributed by atoms with Crippen LogP contribution in [0.4, 0.5) is 5.69 Å². The van der Waals surface area contributed by atoms with Gasteiger partial charge < -0.3 is 0 Å². The number of sulfonamides is 1. The standard InChI is InChI=1S/C15H17ClN2O4S/c1-3-17(13-7-5-4-6-8-13)23(21,22)15(16)10-9-12(2)14(11-15)18(19)20/h4-12H,3H2,1-2H3. The average Bonchev–Trinajstić information content (AvgIpc) is 2.51. The topological polar surface area (TPSA) is 80.5 Å². The van der Waals surface area contributed by atoms with E-state index in [4.69, 9.17) is 11.6 Å².